The third kappa shape index (κ3) is 2.72. The zero-order valence-corrected chi connectivity index (χ0v) is 10.3. The first-order valence-electron chi connectivity index (χ1n) is 5.08. The Morgan fingerprint density at radius 3 is 2.62 bits per heavy atom. The van der Waals surface area contributed by atoms with Crippen LogP contribution in [0.2, 0.25) is 0 Å². The summed E-state index contributed by atoms with van der Waals surface area (Å²) in [4.78, 5) is 0. The monoisotopic (exact) mass is 252 g/mol. The smallest absolute Gasteiger partial charge is 0.264 e. The molecule has 2 saturated heterocycles. The van der Waals surface area contributed by atoms with Crippen LogP contribution in [0.3, 0.4) is 0 Å². The van der Waals surface area contributed by atoms with Crippen LogP contribution in [0.25, 0.3) is 0 Å². The van der Waals surface area contributed by atoms with Gasteiger partial charge in [-0.25, -0.2) is 0 Å². The van der Waals surface area contributed by atoms with Gasteiger partial charge < -0.3 is 14.2 Å². The molecule has 0 N–H and O–H groups in total. The fourth-order valence-corrected chi connectivity index (χ4v) is 2.51. The van der Waals surface area contributed by atoms with Crippen LogP contribution in [0.4, 0.5) is 0 Å². The van der Waals surface area contributed by atoms with E-state index >= 15 is 0 Å². The number of hydrogen-bond acceptors (Lipinski definition) is 6. The molecule has 0 bridgehead atoms. The van der Waals surface area contributed by atoms with Gasteiger partial charge in [0.05, 0.1) is 19.5 Å². The minimum atomic E-state index is -3.50. The summed E-state index contributed by atoms with van der Waals surface area (Å²) in [5.41, 5.74) is 0. The van der Waals surface area contributed by atoms with Crippen molar-refractivity contribution in [1.82, 2.24) is 0 Å². The summed E-state index contributed by atoms with van der Waals surface area (Å²) in [5.74, 6) is -0.728. The number of hydrogen-bond donors (Lipinski definition) is 0. The molecule has 7 heteroatoms. The van der Waals surface area contributed by atoms with Crippen LogP contribution in [0.1, 0.15) is 13.8 Å². The van der Waals surface area contributed by atoms with E-state index in [9.17, 15) is 8.42 Å². The fraction of sp³-hybridized carbons (Fsp3) is 1.00. The van der Waals surface area contributed by atoms with E-state index in [1.165, 1.54) is 0 Å². The summed E-state index contributed by atoms with van der Waals surface area (Å²) < 4.78 is 43.4. The van der Waals surface area contributed by atoms with Gasteiger partial charge in [-0.3, -0.25) is 4.18 Å². The van der Waals surface area contributed by atoms with Crippen LogP contribution in [-0.2, 0) is 28.5 Å². The lowest BCUT2D eigenvalue weighted by Gasteiger charge is -2.38. The van der Waals surface area contributed by atoms with Gasteiger partial charge in [-0.2, -0.15) is 8.42 Å². The third-order valence-electron chi connectivity index (χ3n) is 2.52. The molecule has 2 fully saturated rings. The van der Waals surface area contributed by atoms with Gasteiger partial charge in [-0.15, -0.1) is 0 Å². The molecule has 6 nitrogen and oxygen atoms in total. The molecule has 2 heterocycles. The number of fused-ring (bicyclic) bond motifs is 1. The summed E-state index contributed by atoms with van der Waals surface area (Å²) in [7, 11) is -3.50. The molecular formula is C9H16O6S. The molecule has 0 radical (unpaired) electrons. The van der Waals surface area contributed by atoms with Crippen molar-refractivity contribution < 1.29 is 26.8 Å². The normalized spacial score (nSPS) is 38.3. The van der Waals surface area contributed by atoms with Crippen LogP contribution in [0.5, 0.6) is 0 Å². The molecule has 2 aliphatic heterocycles. The molecule has 0 aliphatic carbocycles. The second-order valence-corrected chi connectivity index (χ2v) is 6.10. The van der Waals surface area contributed by atoms with Crippen molar-refractivity contribution in [3.05, 3.63) is 0 Å². The maximum atomic E-state index is 11.1. The van der Waals surface area contributed by atoms with Gasteiger partial charge in [0, 0.05) is 0 Å². The Morgan fingerprint density at radius 1 is 1.31 bits per heavy atom. The Labute approximate surface area is 94.9 Å². The highest BCUT2D eigenvalue weighted by molar-refractivity contribution is 7.86. The summed E-state index contributed by atoms with van der Waals surface area (Å²) in [6, 6.07) is 0. The van der Waals surface area contributed by atoms with Crippen molar-refractivity contribution in [1.29, 1.82) is 0 Å². The predicted molar refractivity (Wildman–Crippen MR) is 54.4 cm³/mol. The van der Waals surface area contributed by atoms with Crippen molar-refractivity contribution >= 4 is 10.1 Å². The molecular weight excluding hydrogens is 236 g/mol. The summed E-state index contributed by atoms with van der Waals surface area (Å²) in [6.07, 6.45) is -0.202. The molecule has 2 rings (SSSR count). The SMILES string of the molecule is CC1(C)OC[C@@H]2OC[C@@H](OS(C)(=O)=O)[C@@H]2O1. The summed E-state index contributed by atoms with van der Waals surface area (Å²) in [5, 5.41) is 0. The van der Waals surface area contributed by atoms with E-state index < -0.39 is 28.1 Å². The summed E-state index contributed by atoms with van der Waals surface area (Å²) in [6.45, 7) is 4.15. The first kappa shape index (κ1) is 12.3. The largest absolute Gasteiger partial charge is 0.370 e. The summed E-state index contributed by atoms with van der Waals surface area (Å²) >= 11 is 0. The van der Waals surface area contributed by atoms with Gasteiger partial charge in [0.1, 0.15) is 18.3 Å². The third-order valence-corrected chi connectivity index (χ3v) is 3.12. The molecule has 0 amide bonds. The van der Waals surface area contributed by atoms with Gasteiger partial charge in [-0.05, 0) is 13.8 Å². The molecule has 0 spiro atoms. The maximum Gasteiger partial charge on any atom is 0.264 e. The Hall–Kier alpha value is -0.210. The minimum absolute atomic E-state index is 0.210. The Bertz CT molecular complexity index is 362. The van der Waals surface area contributed by atoms with E-state index in [2.05, 4.69) is 0 Å². The number of ether oxygens (including phenoxy) is 3. The van der Waals surface area contributed by atoms with E-state index in [-0.39, 0.29) is 12.7 Å². The van der Waals surface area contributed by atoms with E-state index in [1.54, 1.807) is 13.8 Å². The van der Waals surface area contributed by atoms with Crippen molar-refractivity contribution in [2.45, 2.75) is 37.9 Å². The first-order valence-corrected chi connectivity index (χ1v) is 6.90. The lowest BCUT2D eigenvalue weighted by Crippen LogP contribution is -2.50. The topological polar surface area (TPSA) is 71.1 Å². The molecule has 94 valence electrons. The van der Waals surface area contributed by atoms with Crippen LogP contribution >= 0.6 is 0 Å². The maximum absolute atomic E-state index is 11.1. The van der Waals surface area contributed by atoms with E-state index in [0.717, 1.165) is 6.26 Å². The lowest BCUT2D eigenvalue weighted by molar-refractivity contribution is -0.298. The van der Waals surface area contributed by atoms with Crippen molar-refractivity contribution in [2.75, 3.05) is 19.5 Å². The molecule has 3 atom stereocenters. The minimum Gasteiger partial charge on any atom is -0.370 e. The van der Waals surface area contributed by atoms with Gasteiger partial charge in [0.25, 0.3) is 10.1 Å². The highest BCUT2D eigenvalue weighted by Crippen LogP contribution is 2.31. The molecule has 0 aromatic heterocycles. The van der Waals surface area contributed by atoms with Gasteiger partial charge in [0.15, 0.2) is 5.79 Å². The molecule has 0 aromatic rings. The van der Waals surface area contributed by atoms with Crippen molar-refractivity contribution in [3.63, 3.8) is 0 Å². The van der Waals surface area contributed by atoms with Gasteiger partial charge in [0.2, 0.25) is 0 Å². The van der Waals surface area contributed by atoms with Crippen LogP contribution in [0.15, 0.2) is 0 Å². The van der Waals surface area contributed by atoms with Crippen LogP contribution < -0.4 is 0 Å². The first-order chi connectivity index (χ1) is 7.27. The number of rotatable bonds is 2. The average molecular weight is 252 g/mol. The highest BCUT2D eigenvalue weighted by Gasteiger charge is 2.47. The van der Waals surface area contributed by atoms with Crippen LogP contribution in [-0.4, -0.2) is 52.0 Å². The van der Waals surface area contributed by atoms with Gasteiger partial charge >= 0.3 is 0 Å². The van der Waals surface area contributed by atoms with E-state index in [0.29, 0.717) is 6.61 Å². The fourth-order valence-electron chi connectivity index (χ4n) is 1.89. The molecule has 16 heavy (non-hydrogen) atoms. The molecule has 0 unspecified atom stereocenters. The molecule has 0 aromatic carbocycles. The molecule has 0 saturated carbocycles. The Balaban J connectivity index is 2.07. The Kier molecular flexibility index (Phi) is 3.00. The standard InChI is InChI=1S/C9H16O6S/c1-9(2)13-5-6-8(14-9)7(4-12-6)15-16(3,10)11/h6-8H,4-5H2,1-3H3/t6-,7+,8+/m0/s1. The van der Waals surface area contributed by atoms with Crippen LogP contribution in [0, 0.1) is 0 Å². The van der Waals surface area contributed by atoms with Gasteiger partial charge in [-0.1, -0.05) is 0 Å². The van der Waals surface area contributed by atoms with Crippen molar-refractivity contribution in [3.8, 4) is 0 Å². The van der Waals surface area contributed by atoms with E-state index in [1.807, 2.05) is 0 Å². The zero-order chi connectivity index (χ0) is 12.0. The lowest BCUT2D eigenvalue weighted by atomic mass is 10.1. The molecule has 2 aliphatic rings. The predicted octanol–water partition coefficient (Wildman–Crippen LogP) is -0.118. The highest BCUT2D eigenvalue weighted by atomic mass is 32.2. The Morgan fingerprint density at radius 2 is 2.00 bits per heavy atom. The van der Waals surface area contributed by atoms with Crippen molar-refractivity contribution in [2.24, 2.45) is 0 Å². The second kappa shape index (κ2) is 3.92. The quantitative estimate of drug-likeness (QED) is 0.638. The zero-order valence-electron chi connectivity index (χ0n) is 9.50. The average Bonchev–Trinajstić information content (AvgIpc) is 2.44. The second-order valence-electron chi connectivity index (χ2n) is 4.50. The van der Waals surface area contributed by atoms with E-state index in [4.69, 9.17) is 18.4 Å².